The highest BCUT2D eigenvalue weighted by Gasteiger charge is 2.30. The number of thiazole rings is 1. The molecule has 1 aliphatic carbocycles. The molecule has 1 saturated carbocycles. The molecule has 1 aromatic carbocycles. The molecule has 5 nitrogen and oxygen atoms in total. The van der Waals surface area contributed by atoms with Crippen molar-refractivity contribution in [2.75, 3.05) is 19.6 Å². The zero-order valence-corrected chi connectivity index (χ0v) is 21.4. The van der Waals surface area contributed by atoms with Crippen molar-refractivity contribution in [2.45, 2.75) is 77.9 Å². The average Bonchev–Trinajstić information content (AvgIpc) is 3.59. The Morgan fingerprint density at radius 2 is 1.91 bits per heavy atom. The van der Waals surface area contributed by atoms with Crippen molar-refractivity contribution in [1.82, 2.24) is 19.4 Å². The van der Waals surface area contributed by atoms with Gasteiger partial charge in [0.05, 0.1) is 17.2 Å². The van der Waals surface area contributed by atoms with E-state index in [4.69, 9.17) is 4.98 Å². The van der Waals surface area contributed by atoms with E-state index in [0.29, 0.717) is 0 Å². The first-order valence-corrected chi connectivity index (χ1v) is 14.0. The maximum Gasteiger partial charge on any atom is 0.253 e. The van der Waals surface area contributed by atoms with Gasteiger partial charge in [-0.2, -0.15) is 0 Å². The topological polar surface area (TPSA) is 41.4 Å². The van der Waals surface area contributed by atoms with Crippen LogP contribution in [0.2, 0.25) is 0 Å². The standard InChI is InChI=1S/C28H36N4OS/c1-19-9-12-30(13-10-19)28(33)21-7-8-26-24(15-21)25-17-31(23-5-3-4-6-23)14-11-27(25)32(26)16-22-18-34-20(2)29-22/h7-8,15,18-19,23H,3-6,9-14,16-17H2,1-2H3. The SMILES string of the molecule is Cc1nc(Cn2c3c(c4cc(C(=O)N5CCC(C)CC5)ccc42)CN(C2CCCC2)CC3)cs1. The Morgan fingerprint density at radius 1 is 1.12 bits per heavy atom. The molecule has 6 rings (SSSR count). The van der Waals surface area contributed by atoms with E-state index in [9.17, 15) is 4.79 Å². The first kappa shape index (κ1) is 22.3. The lowest BCUT2D eigenvalue weighted by atomic mass is 9.98. The summed E-state index contributed by atoms with van der Waals surface area (Å²) in [7, 11) is 0. The number of hydrogen-bond acceptors (Lipinski definition) is 4. The number of benzene rings is 1. The van der Waals surface area contributed by atoms with E-state index in [1.807, 2.05) is 0 Å². The van der Waals surface area contributed by atoms with Gasteiger partial charge in [-0.05, 0) is 62.3 Å². The molecule has 3 aliphatic rings. The van der Waals surface area contributed by atoms with E-state index in [1.54, 1.807) is 11.3 Å². The fraction of sp³-hybridized carbons (Fsp3) is 0.571. The second-order valence-electron chi connectivity index (χ2n) is 10.7. The number of carbonyl (C=O) groups excluding carboxylic acids is 1. The molecule has 4 heterocycles. The van der Waals surface area contributed by atoms with Crippen molar-refractivity contribution in [3.05, 3.63) is 51.1 Å². The number of likely N-dealkylation sites (tertiary alicyclic amines) is 1. The maximum absolute atomic E-state index is 13.4. The molecule has 2 aromatic heterocycles. The maximum atomic E-state index is 13.4. The van der Waals surface area contributed by atoms with Crippen LogP contribution < -0.4 is 0 Å². The lowest BCUT2D eigenvalue weighted by Gasteiger charge is -2.33. The van der Waals surface area contributed by atoms with Crippen molar-refractivity contribution in [1.29, 1.82) is 0 Å². The van der Waals surface area contributed by atoms with Gasteiger partial charge in [0.1, 0.15) is 0 Å². The number of hydrogen-bond donors (Lipinski definition) is 0. The molecule has 1 amide bonds. The summed E-state index contributed by atoms with van der Waals surface area (Å²) in [6.07, 6.45) is 8.72. The molecule has 2 fully saturated rings. The van der Waals surface area contributed by atoms with Gasteiger partial charge in [0, 0.05) is 66.2 Å². The molecule has 0 atom stereocenters. The van der Waals surface area contributed by atoms with Gasteiger partial charge >= 0.3 is 0 Å². The molecule has 2 aliphatic heterocycles. The summed E-state index contributed by atoms with van der Waals surface area (Å²) in [5, 5.41) is 4.59. The Morgan fingerprint density at radius 3 is 2.65 bits per heavy atom. The van der Waals surface area contributed by atoms with Crippen molar-refractivity contribution in [3.8, 4) is 0 Å². The molecule has 34 heavy (non-hydrogen) atoms. The third-order valence-electron chi connectivity index (χ3n) is 8.43. The summed E-state index contributed by atoms with van der Waals surface area (Å²) >= 11 is 1.73. The quantitative estimate of drug-likeness (QED) is 0.490. The highest BCUT2D eigenvalue weighted by atomic mass is 32.1. The van der Waals surface area contributed by atoms with Gasteiger partial charge in [0.25, 0.3) is 5.91 Å². The Balaban J connectivity index is 1.38. The summed E-state index contributed by atoms with van der Waals surface area (Å²) in [5.74, 6) is 0.928. The van der Waals surface area contributed by atoms with Crippen molar-refractivity contribution in [2.24, 2.45) is 5.92 Å². The number of aryl methyl sites for hydroxylation is 1. The van der Waals surface area contributed by atoms with E-state index < -0.39 is 0 Å². The molecule has 6 heteroatoms. The smallest absolute Gasteiger partial charge is 0.253 e. The Hall–Kier alpha value is -2.18. The molecular weight excluding hydrogens is 440 g/mol. The van der Waals surface area contributed by atoms with Crippen LogP contribution in [0.1, 0.15) is 77.8 Å². The fourth-order valence-corrected chi connectivity index (χ4v) is 7.01. The lowest BCUT2D eigenvalue weighted by molar-refractivity contribution is 0.0697. The molecule has 0 radical (unpaired) electrons. The van der Waals surface area contributed by atoms with Crippen LogP contribution in [0.3, 0.4) is 0 Å². The third-order valence-corrected chi connectivity index (χ3v) is 9.25. The minimum atomic E-state index is 0.203. The third kappa shape index (κ3) is 4.09. The van der Waals surface area contributed by atoms with Crippen molar-refractivity contribution in [3.63, 3.8) is 0 Å². The van der Waals surface area contributed by atoms with Gasteiger partial charge in [-0.15, -0.1) is 11.3 Å². The van der Waals surface area contributed by atoms with Crippen LogP contribution in [0.15, 0.2) is 23.6 Å². The van der Waals surface area contributed by atoms with Gasteiger partial charge in [0.15, 0.2) is 0 Å². The van der Waals surface area contributed by atoms with Gasteiger partial charge in [-0.1, -0.05) is 19.8 Å². The monoisotopic (exact) mass is 476 g/mol. The lowest BCUT2D eigenvalue weighted by Crippen LogP contribution is -2.38. The molecule has 0 spiro atoms. The second-order valence-corrected chi connectivity index (χ2v) is 11.8. The van der Waals surface area contributed by atoms with E-state index >= 15 is 0 Å². The van der Waals surface area contributed by atoms with Gasteiger partial charge < -0.3 is 9.47 Å². The van der Waals surface area contributed by atoms with E-state index in [1.165, 1.54) is 47.8 Å². The fourth-order valence-electron chi connectivity index (χ4n) is 6.40. The van der Waals surface area contributed by atoms with Crippen LogP contribution >= 0.6 is 11.3 Å². The molecule has 0 N–H and O–H groups in total. The van der Waals surface area contributed by atoms with Gasteiger partial charge in [0.2, 0.25) is 0 Å². The van der Waals surface area contributed by atoms with Gasteiger partial charge in [-0.25, -0.2) is 4.98 Å². The van der Waals surface area contributed by atoms with E-state index in [2.05, 4.69) is 51.8 Å². The largest absolute Gasteiger partial charge is 0.339 e. The first-order valence-electron chi connectivity index (χ1n) is 13.1. The van der Waals surface area contributed by atoms with Crippen LogP contribution in [0.5, 0.6) is 0 Å². The Bertz CT molecular complexity index is 1200. The zero-order chi connectivity index (χ0) is 23.2. The highest BCUT2D eigenvalue weighted by Crippen LogP contribution is 2.36. The van der Waals surface area contributed by atoms with Crippen molar-refractivity contribution >= 4 is 28.1 Å². The summed E-state index contributed by atoms with van der Waals surface area (Å²) in [5.41, 5.74) is 6.15. The molecule has 180 valence electrons. The van der Waals surface area contributed by atoms with Crippen LogP contribution in [0.4, 0.5) is 0 Å². The minimum Gasteiger partial charge on any atom is -0.339 e. The Kier molecular flexibility index (Phi) is 5.98. The number of amides is 1. The van der Waals surface area contributed by atoms with Crippen molar-refractivity contribution < 1.29 is 4.79 Å². The summed E-state index contributed by atoms with van der Waals surface area (Å²) in [6.45, 7) is 9.11. The number of nitrogens with zero attached hydrogens (tertiary/aromatic N) is 4. The average molecular weight is 477 g/mol. The van der Waals surface area contributed by atoms with Crippen LogP contribution in [0, 0.1) is 12.8 Å². The van der Waals surface area contributed by atoms with E-state index in [-0.39, 0.29) is 5.91 Å². The summed E-state index contributed by atoms with van der Waals surface area (Å²) in [6, 6.07) is 7.20. The van der Waals surface area contributed by atoms with Crippen LogP contribution in [-0.4, -0.2) is 50.9 Å². The summed E-state index contributed by atoms with van der Waals surface area (Å²) in [4.78, 5) is 22.9. The molecular formula is C28H36N4OS. The zero-order valence-electron chi connectivity index (χ0n) is 20.6. The minimum absolute atomic E-state index is 0.203. The molecule has 3 aromatic rings. The predicted molar refractivity (Wildman–Crippen MR) is 139 cm³/mol. The van der Waals surface area contributed by atoms with Crippen LogP contribution in [0.25, 0.3) is 10.9 Å². The Labute approximate surface area is 206 Å². The molecule has 1 saturated heterocycles. The number of aromatic nitrogens is 2. The summed E-state index contributed by atoms with van der Waals surface area (Å²) < 4.78 is 2.49. The molecule has 0 unspecified atom stereocenters. The van der Waals surface area contributed by atoms with Gasteiger partial charge in [-0.3, -0.25) is 9.69 Å². The van der Waals surface area contributed by atoms with E-state index in [0.717, 1.165) is 80.2 Å². The number of fused-ring (bicyclic) bond motifs is 3. The number of piperidine rings is 1. The number of rotatable bonds is 4. The highest BCUT2D eigenvalue weighted by molar-refractivity contribution is 7.09. The van der Waals surface area contributed by atoms with Crippen LogP contribution in [-0.2, 0) is 19.5 Å². The first-order chi connectivity index (χ1) is 16.6. The normalized spacial score (nSPS) is 20.4. The predicted octanol–water partition coefficient (Wildman–Crippen LogP) is 5.63. The second kappa shape index (κ2) is 9.12. The number of carbonyl (C=O) groups is 1. The molecule has 0 bridgehead atoms.